The van der Waals surface area contributed by atoms with Crippen molar-refractivity contribution in [1.29, 1.82) is 0 Å². The monoisotopic (exact) mass is 372 g/mol. The van der Waals surface area contributed by atoms with Crippen molar-refractivity contribution in [3.63, 3.8) is 0 Å². The molecule has 0 radical (unpaired) electrons. The van der Waals surface area contributed by atoms with Crippen molar-refractivity contribution < 1.29 is 14.0 Å². The molecule has 5 heteroatoms. The Labute approximate surface area is 161 Å². The minimum absolute atomic E-state index is 0.00692. The van der Waals surface area contributed by atoms with Crippen molar-refractivity contribution >= 4 is 11.8 Å². The average molecular weight is 373 g/mol. The van der Waals surface area contributed by atoms with E-state index in [1.165, 1.54) is 44.8 Å². The van der Waals surface area contributed by atoms with Crippen LogP contribution in [0.4, 0.5) is 0 Å². The van der Waals surface area contributed by atoms with E-state index < -0.39 is 6.04 Å². The van der Waals surface area contributed by atoms with E-state index in [2.05, 4.69) is 17.6 Å². The molecule has 2 atom stereocenters. The molecular weight excluding hydrogens is 340 g/mol. The van der Waals surface area contributed by atoms with Crippen molar-refractivity contribution in [2.24, 2.45) is 29.1 Å². The van der Waals surface area contributed by atoms with Crippen LogP contribution in [0.2, 0.25) is 0 Å². The maximum absolute atomic E-state index is 13.0. The molecule has 4 saturated carbocycles. The molecule has 4 bridgehead atoms. The highest BCUT2D eigenvalue weighted by atomic mass is 16.3. The zero-order valence-corrected chi connectivity index (χ0v) is 16.7. The summed E-state index contributed by atoms with van der Waals surface area (Å²) in [5.41, 5.74) is 0.261. The molecule has 0 aromatic carbocycles. The zero-order valence-electron chi connectivity index (χ0n) is 16.7. The summed E-state index contributed by atoms with van der Waals surface area (Å²) in [7, 11) is 0. The molecular formula is C22H32N2O3. The smallest absolute Gasteiger partial charge is 0.287 e. The van der Waals surface area contributed by atoms with Gasteiger partial charge in [0.15, 0.2) is 5.76 Å². The van der Waals surface area contributed by atoms with E-state index in [0.717, 1.165) is 17.8 Å². The number of nitrogens with one attached hydrogen (secondary N) is 2. The molecule has 148 valence electrons. The van der Waals surface area contributed by atoms with Crippen LogP contribution in [0, 0.1) is 29.1 Å². The normalized spacial score (nSPS) is 33.7. The second kappa shape index (κ2) is 6.99. The van der Waals surface area contributed by atoms with Gasteiger partial charge in [0, 0.05) is 6.04 Å². The molecule has 4 aliphatic carbocycles. The van der Waals surface area contributed by atoms with Crippen molar-refractivity contribution in [3.8, 4) is 0 Å². The summed E-state index contributed by atoms with van der Waals surface area (Å²) in [5, 5.41) is 6.14. The van der Waals surface area contributed by atoms with Crippen LogP contribution in [0.3, 0.4) is 0 Å². The summed E-state index contributed by atoms with van der Waals surface area (Å²) >= 11 is 0. The number of hydrogen-bond donors (Lipinski definition) is 2. The first-order chi connectivity index (χ1) is 12.9. The lowest BCUT2D eigenvalue weighted by atomic mass is 9.48. The number of rotatable bonds is 6. The predicted molar refractivity (Wildman–Crippen MR) is 103 cm³/mol. The Morgan fingerprint density at radius 3 is 2.11 bits per heavy atom. The molecule has 0 spiro atoms. The molecule has 5 rings (SSSR count). The van der Waals surface area contributed by atoms with E-state index in [9.17, 15) is 9.59 Å². The Morgan fingerprint density at radius 1 is 1.04 bits per heavy atom. The third kappa shape index (κ3) is 3.53. The Balaban J connectivity index is 1.42. The fourth-order valence-electron chi connectivity index (χ4n) is 6.32. The van der Waals surface area contributed by atoms with Gasteiger partial charge in [0.1, 0.15) is 6.04 Å². The van der Waals surface area contributed by atoms with Crippen molar-refractivity contribution in [1.82, 2.24) is 10.6 Å². The second-order valence-electron chi connectivity index (χ2n) is 9.68. The van der Waals surface area contributed by atoms with Gasteiger partial charge in [-0.05, 0) is 86.7 Å². The molecule has 5 nitrogen and oxygen atoms in total. The summed E-state index contributed by atoms with van der Waals surface area (Å²) in [5.74, 6) is 2.40. The largest absolute Gasteiger partial charge is 0.459 e. The van der Waals surface area contributed by atoms with Gasteiger partial charge in [-0.25, -0.2) is 0 Å². The Kier molecular flexibility index (Phi) is 4.81. The van der Waals surface area contributed by atoms with E-state index in [1.54, 1.807) is 12.1 Å². The molecule has 1 heterocycles. The standard InChI is InChI=1S/C22H32N2O3/c1-13(2)19(24-20(25)18-5-4-6-27-18)21(26)23-14(3)22-10-15-7-16(11-22)9-17(8-15)12-22/h4-6,13-17,19H,7-12H2,1-3H3,(H,23,26)(H,24,25). The number of carbonyl (C=O) groups excluding carboxylic acids is 2. The zero-order chi connectivity index (χ0) is 19.2. The van der Waals surface area contributed by atoms with Crippen LogP contribution >= 0.6 is 0 Å². The molecule has 2 N–H and O–H groups in total. The minimum Gasteiger partial charge on any atom is -0.459 e. The highest BCUT2D eigenvalue weighted by Gasteiger charge is 2.53. The number of carbonyl (C=O) groups is 2. The quantitative estimate of drug-likeness (QED) is 0.799. The van der Waals surface area contributed by atoms with Crippen LogP contribution < -0.4 is 10.6 Å². The lowest BCUT2D eigenvalue weighted by molar-refractivity contribution is -0.128. The highest BCUT2D eigenvalue weighted by molar-refractivity contribution is 5.95. The molecule has 0 saturated heterocycles. The second-order valence-corrected chi connectivity index (χ2v) is 9.68. The fourth-order valence-corrected chi connectivity index (χ4v) is 6.32. The lowest BCUT2D eigenvalue weighted by Gasteiger charge is -2.59. The van der Waals surface area contributed by atoms with Gasteiger partial charge >= 0.3 is 0 Å². The summed E-state index contributed by atoms with van der Waals surface area (Å²) in [6.45, 7) is 6.10. The fraction of sp³-hybridized carbons (Fsp3) is 0.727. The first-order valence-corrected chi connectivity index (χ1v) is 10.5. The third-order valence-corrected chi connectivity index (χ3v) is 7.34. The lowest BCUT2D eigenvalue weighted by Crippen LogP contribution is -2.59. The van der Waals surface area contributed by atoms with E-state index >= 15 is 0 Å². The van der Waals surface area contributed by atoms with Crippen molar-refractivity contribution in [2.45, 2.75) is 71.4 Å². The van der Waals surface area contributed by atoms with Gasteiger partial charge in [-0.1, -0.05) is 13.8 Å². The summed E-state index contributed by atoms with van der Waals surface area (Å²) in [6.07, 6.45) is 9.42. The first kappa shape index (κ1) is 18.6. The molecule has 27 heavy (non-hydrogen) atoms. The van der Waals surface area contributed by atoms with Crippen LogP contribution in [-0.2, 0) is 4.79 Å². The molecule has 2 unspecified atom stereocenters. The maximum atomic E-state index is 13.0. The molecule has 1 aromatic heterocycles. The average Bonchev–Trinajstić information content (AvgIpc) is 3.12. The van der Waals surface area contributed by atoms with Gasteiger partial charge in [-0.2, -0.15) is 0 Å². The van der Waals surface area contributed by atoms with E-state index in [1.807, 2.05) is 13.8 Å². The number of furan rings is 1. The van der Waals surface area contributed by atoms with Crippen LogP contribution in [0.25, 0.3) is 0 Å². The summed E-state index contributed by atoms with van der Waals surface area (Å²) in [4.78, 5) is 25.4. The Hall–Kier alpha value is -1.78. The third-order valence-electron chi connectivity index (χ3n) is 7.34. The highest BCUT2D eigenvalue weighted by Crippen LogP contribution is 2.61. The van der Waals surface area contributed by atoms with Gasteiger partial charge in [-0.15, -0.1) is 0 Å². The maximum Gasteiger partial charge on any atom is 0.287 e. The molecule has 1 aromatic rings. The molecule has 4 aliphatic rings. The van der Waals surface area contributed by atoms with Crippen LogP contribution in [-0.4, -0.2) is 23.9 Å². The van der Waals surface area contributed by atoms with Crippen LogP contribution in [0.15, 0.2) is 22.8 Å². The van der Waals surface area contributed by atoms with Crippen molar-refractivity contribution in [3.05, 3.63) is 24.2 Å². The van der Waals surface area contributed by atoms with Crippen molar-refractivity contribution in [2.75, 3.05) is 0 Å². The van der Waals surface area contributed by atoms with Gasteiger partial charge < -0.3 is 15.1 Å². The van der Waals surface area contributed by atoms with Crippen LogP contribution in [0.5, 0.6) is 0 Å². The van der Waals surface area contributed by atoms with Gasteiger partial charge in [-0.3, -0.25) is 9.59 Å². The molecule has 2 amide bonds. The number of hydrogen-bond acceptors (Lipinski definition) is 3. The first-order valence-electron chi connectivity index (χ1n) is 10.5. The topological polar surface area (TPSA) is 71.3 Å². The molecule has 0 aliphatic heterocycles. The SMILES string of the molecule is CC(C)C(NC(=O)c1ccco1)C(=O)NC(C)C12CC3CC(CC(C3)C1)C2. The predicted octanol–water partition coefficient (Wildman–Crippen LogP) is 3.76. The van der Waals surface area contributed by atoms with E-state index in [4.69, 9.17) is 4.42 Å². The van der Waals surface area contributed by atoms with Gasteiger partial charge in [0.2, 0.25) is 5.91 Å². The molecule has 4 fully saturated rings. The van der Waals surface area contributed by atoms with E-state index in [-0.39, 0.29) is 34.9 Å². The van der Waals surface area contributed by atoms with Gasteiger partial charge in [0.25, 0.3) is 5.91 Å². The van der Waals surface area contributed by atoms with Crippen LogP contribution in [0.1, 0.15) is 69.9 Å². The van der Waals surface area contributed by atoms with E-state index in [0.29, 0.717) is 0 Å². The summed E-state index contributed by atoms with van der Waals surface area (Å²) < 4.78 is 5.16. The van der Waals surface area contributed by atoms with Gasteiger partial charge in [0.05, 0.1) is 6.26 Å². The number of amides is 2. The Morgan fingerprint density at radius 2 is 1.63 bits per heavy atom. The Bertz CT molecular complexity index is 659. The minimum atomic E-state index is -0.557. The summed E-state index contributed by atoms with van der Waals surface area (Å²) in [6, 6.07) is 2.89.